The Kier molecular flexibility index (Phi) is 5.54. The number of nitrogens with zero attached hydrogens (tertiary/aromatic N) is 3. The van der Waals surface area contributed by atoms with Gasteiger partial charge in [-0.2, -0.15) is 0 Å². The third-order valence-corrected chi connectivity index (χ3v) is 5.18. The lowest BCUT2D eigenvalue weighted by molar-refractivity contribution is -0.141. The zero-order chi connectivity index (χ0) is 18.7. The molecule has 26 heavy (non-hydrogen) atoms. The largest absolute Gasteiger partial charge is 0.342 e. The second kappa shape index (κ2) is 7.85. The molecule has 3 rings (SSSR count). The van der Waals surface area contributed by atoms with Crippen LogP contribution in [0.4, 0.5) is 4.39 Å². The first kappa shape index (κ1) is 18.4. The van der Waals surface area contributed by atoms with Crippen molar-refractivity contribution in [3.05, 3.63) is 35.6 Å². The van der Waals surface area contributed by atoms with Crippen LogP contribution >= 0.6 is 0 Å². The highest BCUT2D eigenvalue weighted by Gasteiger charge is 2.37. The molecule has 0 aliphatic carbocycles. The summed E-state index contributed by atoms with van der Waals surface area (Å²) < 4.78 is 12.9. The molecule has 2 heterocycles. The lowest BCUT2D eigenvalue weighted by Crippen LogP contribution is -2.51. The van der Waals surface area contributed by atoms with Gasteiger partial charge in [-0.1, -0.05) is 12.1 Å². The van der Waals surface area contributed by atoms with Crippen LogP contribution in [0.15, 0.2) is 24.3 Å². The summed E-state index contributed by atoms with van der Waals surface area (Å²) in [6.45, 7) is 4.66. The van der Waals surface area contributed by atoms with E-state index in [4.69, 9.17) is 0 Å². The predicted octanol–water partition coefficient (Wildman–Crippen LogP) is 0.907. The van der Waals surface area contributed by atoms with Crippen molar-refractivity contribution in [2.24, 2.45) is 5.92 Å². The molecule has 3 amide bonds. The number of piperazine rings is 1. The van der Waals surface area contributed by atoms with Crippen LogP contribution in [0.5, 0.6) is 0 Å². The molecule has 1 unspecified atom stereocenters. The minimum absolute atomic E-state index is 0.00540. The summed E-state index contributed by atoms with van der Waals surface area (Å²) in [6.07, 6.45) is 0.888. The maximum absolute atomic E-state index is 12.9. The first-order valence-electron chi connectivity index (χ1n) is 9.00. The van der Waals surface area contributed by atoms with E-state index in [1.807, 2.05) is 0 Å². The van der Waals surface area contributed by atoms with Crippen molar-refractivity contribution >= 4 is 17.7 Å². The number of amides is 3. The summed E-state index contributed by atoms with van der Waals surface area (Å²) in [5.74, 6) is -0.556. The van der Waals surface area contributed by atoms with E-state index in [0.717, 1.165) is 5.56 Å². The van der Waals surface area contributed by atoms with E-state index in [1.54, 1.807) is 26.8 Å². The standard InChI is InChI=1S/C19H24FN3O3/c1-14(24)21-8-10-22(11-9-21)19(26)16-12-18(25)23(13-16)7-6-15-2-4-17(20)5-3-15/h2-5,16H,6-13H2,1H3. The molecule has 1 atom stereocenters. The topological polar surface area (TPSA) is 60.9 Å². The highest BCUT2D eigenvalue weighted by Crippen LogP contribution is 2.21. The Hall–Kier alpha value is -2.44. The third kappa shape index (κ3) is 4.20. The third-order valence-electron chi connectivity index (χ3n) is 5.18. The lowest BCUT2D eigenvalue weighted by Gasteiger charge is -2.35. The maximum Gasteiger partial charge on any atom is 0.228 e. The van der Waals surface area contributed by atoms with Crippen LogP contribution in [0.25, 0.3) is 0 Å². The van der Waals surface area contributed by atoms with E-state index in [1.165, 1.54) is 19.1 Å². The zero-order valence-electron chi connectivity index (χ0n) is 15.0. The fourth-order valence-corrected chi connectivity index (χ4v) is 3.57. The van der Waals surface area contributed by atoms with Gasteiger partial charge >= 0.3 is 0 Å². The molecule has 7 heteroatoms. The fraction of sp³-hybridized carbons (Fsp3) is 0.526. The van der Waals surface area contributed by atoms with Crippen LogP contribution in [-0.2, 0) is 20.8 Å². The molecule has 0 N–H and O–H groups in total. The summed E-state index contributed by atoms with van der Waals surface area (Å²) in [7, 11) is 0. The van der Waals surface area contributed by atoms with Gasteiger partial charge in [-0.15, -0.1) is 0 Å². The molecule has 0 saturated carbocycles. The number of hydrogen-bond acceptors (Lipinski definition) is 3. The van der Waals surface area contributed by atoms with Crippen LogP contribution in [0.1, 0.15) is 18.9 Å². The molecular weight excluding hydrogens is 337 g/mol. The minimum Gasteiger partial charge on any atom is -0.342 e. The summed E-state index contributed by atoms with van der Waals surface area (Å²) in [5.41, 5.74) is 0.967. The van der Waals surface area contributed by atoms with Crippen molar-refractivity contribution < 1.29 is 18.8 Å². The first-order valence-corrected chi connectivity index (χ1v) is 9.00. The average Bonchev–Trinajstić information content (AvgIpc) is 3.01. The van der Waals surface area contributed by atoms with E-state index in [-0.39, 0.29) is 35.9 Å². The van der Waals surface area contributed by atoms with Crippen molar-refractivity contribution in [3.63, 3.8) is 0 Å². The quantitative estimate of drug-likeness (QED) is 0.801. The van der Waals surface area contributed by atoms with Gasteiger partial charge in [0, 0.05) is 52.6 Å². The number of carbonyl (C=O) groups is 3. The van der Waals surface area contributed by atoms with E-state index < -0.39 is 0 Å². The van der Waals surface area contributed by atoms with Gasteiger partial charge in [-0.3, -0.25) is 14.4 Å². The molecule has 0 spiro atoms. The van der Waals surface area contributed by atoms with Crippen LogP contribution in [0.3, 0.4) is 0 Å². The molecule has 2 aliphatic heterocycles. The normalized spacial score (nSPS) is 20.6. The van der Waals surface area contributed by atoms with Crippen LogP contribution < -0.4 is 0 Å². The maximum atomic E-state index is 12.9. The summed E-state index contributed by atoms with van der Waals surface area (Å²) in [5, 5.41) is 0. The van der Waals surface area contributed by atoms with Gasteiger partial charge in [0.2, 0.25) is 17.7 Å². The SMILES string of the molecule is CC(=O)N1CCN(C(=O)C2CC(=O)N(CCc3ccc(F)cc3)C2)CC1. The summed E-state index contributed by atoms with van der Waals surface area (Å²) >= 11 is 0. The van der Waals surface area contributed by atoms with Gasteiger partial charge in [0.05, 0.1) is 5.92 Å². The molecule has 2 aliphatic rings. The Labute approximate surface area is 152 Å². The molecule has 1 aromatic rings. The molecule has 0 bridgehead atoms. The zero-order valence-corrected chi connectivity index (χ0v) is 15.0. The van der Waals surface area contributed by atoms with Gasteiger partial charge in [0.15, 0.2) is 0 Å². The van der Waals surface area contributed by atoms with Crippen molar-refractivity contribution in [3.8, 4) is 0 Å². The van der Waals surface area contributed by atoms with Gasteiger partial charge in [-0.25, -0.2) is 4.39 Å². The smallest absolute Gasteiger partial charge is 0.228 e. The van der Waals surface area contributed by atoms with Gasteiger partial charge in [0.25, 0.3) is 0 Å². The monoisotopic (exact) mass is 361 g/mol. The number of carbonyl (C=O) groups excluding carboxylic acids is 3. The van der Waals surface area contributed by atoms with Crippen molar-refractivity contribution in [2.45, 2.75) is 19.8 Å². The van der Waals surface area contributed by atoms with Crippen LogP contribution in [0, 0.1) is 11.7 Å². The summed E-state index contributed by atoms with van der Waals surface area (Å²) in [4.78, 5) is 41.5. The number of benzene rings is 1. The van der Waals surface area contributed by atoms with Gasteiger partial charge in [0.1, 0.15) is 5.82 Å². The molecule has 2 fully saturated rings. The second-order valence-electron chi connectivity index (χ2n) is 6.95. The molecule has 1 aromatic carbocycles. The van der Waals surface area contributed by atoms with Crippen molar-refractivity contribution in [1.82, 2.24) is 14.7 Å². The fourth-order valence-electron chi connectivity index (χ4n) is 3.57. The number of halogens is 1. The molecule has 2 saturated heterocycles. The average molecular weight is 361 g/mol. The molecule has 0 radical (unpaired) electrons. The van der Waals surface area contributed by atoms with Gasteiger partial charge < -0.3 is 14.7 Å². The number of likely N-dealkylation sites (tertiary alicyclic amines) is 1. The van der Waals surface area contributed by atoms with Crippen LogP contribution in [0.2, 0.25) is 0 Å². The molecule has 6 nitrogen and oxygen atoms in total. The Morgan fingerprint density at radius 1 is 1.08 bits per heavy atom. The van der Waals surface area contributed by atoms with Crippen molar-refractivity contribution in [1.29, 1.82) is 0 Å². The van der Waals surface area contributed by atoms with Crippen molar-refractivity contribution in [2.75, 3.05) is 39.3 Å². The van der Waals surface area contributed by atoms with E-state index in [2.05, 4.69) is 0 Å². The lowest BCUT2D eigenvalue weighted by atomic mass is 10.1. The second-order valence-corrected chi connectivity index (χ2v) is 6.95. The minimum atomic E-state index is -0.306. The highest BCUT2D eigenvalue weighted by molar-refractivity contribution is 5.89. The Morgan fingerprint density at radius 3 is 2.31 bits per heavy atom. The van der Waals surface area contributed by atoms with E-state index >= 15 is 0 Å². The molecule has 0 aromatic heterocycles. The van der Waals surface area contributed by atoms with Gasteiger partial charge in [-0.05, 0) is 24.1 Å². The predicted molar refractivity (Wildman–Crippen MR) is 93.6 cm³/mol. The van der Waals surface area contributed by atoms with E-state index in [0.29, 0.717) is 45.7 Å². The summed E-state index contributed by atoms with van der Waals surface area (Å²) in [6, 6.07) is 6.25. The van der Waals surface area contributed by atoms with E-state index in [9.17, 15) is 18.8 Å². The Bertz CT molecular complexity index is 684. The highest BCUT2D eigenvalue weighted by atomic mass is 19.1. The Balaban J connectivity index is 1.50. The molecular formula is C19H24FN3O3. The number of hydrogen-bond donors (Lipinski definition) is 0. The number of rotatable bonds is 4. The molecule has 140 valence electrons. The Morgan fingerprint density at radius 2 is 1.69 bits per heavy atom. The first-order chi connectivity index (χ1) is 12.4. The van der Waals surface area contributed by atoms with Crippen LogP contribution in [-0.4, -0.2) is 71.7 Å².